The zero-order valence-corrected chi connectivity index (χ0v) is 12.1. The number of hydrogen-bond acceptors (Lipinski definition) is 3. The van der Waals surface area contributed by atoms with E-state index in [9.17, 15) is 15.4 Å². The van der Waals surface area contributed by atoms with Crippen molar-refractivity contribution >= 4 is 40.5 Å². The summed E-state index contributed by atoms with van der Waals surface area (Å²) < 4.78 is 0. The summed E-state index contributed by atoms with van der Waals surface area (Å²) in [5.74, 6) is 0. The van der Waals surface area contributed by atoms with Gasteiger partial charge in [0, 0.05) is 12.1 Å². The van der Waals surface area contributed by atoms with E-state index in [0.29, 0.717) is 26.7 Å². The summed E-state index contributed by atoms with van der Waals surface area (Å²) in [6.07, 6.45) is 1.56. The lowest BCUT2D eigenvalue weighted by Gasteiger charge is -2.02. The number of benzene rings is 2. The smallest absolute Gasteiger partial charge is 0.258 e. The Kier molecular flexibility index (Phi) is 4.59. The Morgan fingerprint density at radius 3 is 2.57 bits per heavy atom. The Morgan fingerprint density at radius 2 is 1.95 bits per heavy atom. The molecule has 0 saturated heterocycles. The normalized spacial score (nSPS) is 11.0. The average Bonchev–Trinajstić information content (AvgIpc) is 2.48. The predicted molar refractivity (Wildman–Crippen MR) is 83.0 cm³/mol. The van der Waals surface area contributed by atoms with Gasteiger partial charge in [-0.3, -0.25) is 10.1 Å². The molecule has 0 aliphatic carbocycles. The maximum absolute atomic E-state index is 10.7. The summed E-state index contributed by atoms with van der Waals surface area (Å²) in [4.78, 5) is 10.3. The van der Waals surface area contributed by atoms with Crippen LogP contribution in [0.15, 0.2) is 42.5 Å². The lowest BCUT2D eigenvalue weighted by molar-refractivity contribution is -0.384. The molecule has 0 saturated carbocycles. The minimum atomic E-state index is -0.484. The monoisotopic (exact) mass is 318 g/mol. The second-order valence-corrected chi connectivity index (χ2v) is 4.97. The van der Waals surface area contributed by atoms with Gasteiger partial charge >= 0.3 is 0 Å². The highest BCUT2D eigenvalue weighted by atomic mass is 35.5. The summed E-state index contributed by atoms with van der Waals surface area (Å²) in [6, 6.07) is 12.9. The molecule has 0 N–H and O–H groups in total. The van der Waals surface area contributed by atoms with Crippen molar-refractivity contribution in [2.45, 2.75) is 0 Å². The molecular weight excluding hydrogens is 311 g/mol. The van der Waals surface area contributed by atoms with Gasteiger partial charge in [-0.1, -0.05) is 41.4 Å². The quantitative estimate of drug-likeness (QED) is 0.347. The molecule has 0 aromatic heterocycles. The first-order valence-corrected chi connectivity index (χ1v) is 6.58. The molecule has 0 atom stereocenters. The van der Waals surface area contributed by atoms with Crippen LogP contribution in [0.1, 0.15) is 11.1 Å². The van der Waals surface area contributed by atoms with Gasteiger partial charge in [-0.2, -0.15) is 5.26 Å². The zero-order chi connectivity index (χ0) is 15.4. The Bertz CT molecular complexity index is 779. The van der Waals surface area contributed by atoms with Gasteiger partial charge in [0.2, 0.25) is 0 Å². The number of allylic oxidation sites excluding steroid dienone is 1. The van der Waals surface area contributed by atoms with Gasteiger partial charge in [0.1, 0.15) is 0 Å². The first-order valence-electron chi connectivity index (χ1n) is 5.83. The molecule has 2 rings (SSSR count). The van der Waals surface area contributed by atoms with Crippen molar-refractivity contribution in [2.75, 3.05) is 0 Å². The Morgan fingerprint density at radius 1 is 1.19 bits per heavy atom. The lowest BCUT2D eigenvalue weighted by Crippen LogP contribution is -1.88. The van der Waals surface area contributed by atoms with Gasteiger partial charge in [0.05, 0.1) is 26.6 Å². The molecule has 4 nitrogen and oxygen atoms in total. The first kappa shape index (κ1) is 15.0. The van der Waals surface area contributed by atoms with Crippen LogP contribution < -0.4 is 0 Å². The van der Waals surface area contributed by atoms with Crippen LogP contribution in [0.3, 0.4) is 0 Å². The molecule has 0 bridgehead atoms. The van der Waals surface area contributed by atoms with Gasteiger partial charge in [0.25, 0.3) is 5.69 Å². The summed E-state index contributed by atoms with van der Waals surface area (Å²) in [5, 5.41) is 20.7. The van der Waals surface area contributed by atoms with E-state index < -0.39 is 4.92 Å². The fraction of sp³-hybridized carbons (Fsp3) is 0. The van der Waals surface area contributed by atoms with E-state index in [-0.39, 0.29) is 5.69 Å². The van der Waals surface area contributed by atoms with Crippen molar-refractivity contribution in [1.29, 1.82) is 5.26 Å². The number of nitrogens with zero attached hydrogens (tertiary/aromatic N) is 2. The lowest BCUT2D eigenvalue weighted by atomic mass is 10.0. The van der Waals surface area contributed by atoms with Crippen molar-refractivity contribution < 1.29 is 4.92 Å². The zero-order valence-electron chi connectivity index (χ0n) is 10.6. The number of rotatable bonds is 3. The Labute approximate surface area is 131 Å². The van der Waals surface area contributed by atoms with Crippen molar-refractivity contribution in [1.82, 2.24) is 0 Å². The number of hydrogen-bond donors (Lipinski definition) is 0. The third-order valence-electron chi connectivity index (χ3n) is 2.74. The molecule has 2 aromatic carbocycles. The molecule has 0 spiro atoms. The van der Waals surface area contributed by atoms with Crippen molar-refractivity contribution in [3.05, 3.63) is 73.8 Å². The molecule has 0 radical (unpaired) electrons. The topological polar surface area (TPSA) is 66.9 Å². The standard InChI is InChI=1S/C15H8Cl2N2O2/c16-14-5-4-11(8-15(14)17)12(9-18)6-10-2-1-3-13(7-10)19(20)21/h1-8H/b12-6-. The summed E-state index contributed by atoms with van der Waals surface area (Å²) >= 11 is 11.8. The van der Waals surface area contributed by atoms with Crippen LogP contribution in [-0.4, -0.2) is 4.92 Å². The van der Waals surface area contributed by atoms with Gasteiger partial charge in [0.15, 0.2) is 0 Å². The molecule has 0 amide bonds. The van der Waals surface area contributed by atoms with E-state index in [0.717, 1.165) is 0 Å². The summed E-state index contributed by atoms with van der Waals surface area (Å²) in [7, 11) is 0. The molecule has 2 aromatic rings. The summed E-state index contributed by atoms with van der Waals surface area (Å²) in [5.41, 5.74) is 1.47. The molecule has 0 fully saturated rings. The number of nitro benzene ring substituents is 1. The second kappa shape index (κ2) is 6.40. The highest BCUT2D eigenvalue weighted by molar-refractivity contribution is 6.42. The van der Waals surface area contributed by atoms with Crippen LogP contribution in [0.4, 0.5) is 5.69 Å². The molecule has 0 unspecified atom stereocenters. The van der Waals surface area contributed by atoms with Crippen LogP contribution in [-0.2, 0) is 0 Å². The largest absolute Gasteiger partial charge is 0.270 e. The number of nitro groups is 1. The highest BCUT2D eigenvalue weighted by Crippen LogP contribution is 2.27. The molecule has 0 aliphatic heterocycles. The Hall–Kier alpha value is -2.35. The Balaban J connectivity index is 2.45. The predicted octanol–water partition coefficient (Wildman–Crippen LogP) is 4.97. The van der Waals surface area contributed by atoms with Gasteiger partial charge in [-0.25, -0.2) is 0 Å². The third kappa shape index (κ3) is 3.60. The molecule has 21 heavy (non-hydrogen) atoms. The molecule has 104 valence electrons. The number of halogens is 2. The maximum atomic E-state index is 10.7. The minimum absolute atomic E-state index is 0.0322. The first-order chi connectivity index (χ1) is 10.0. The van der Waals surface area contributed by atoms with Crippen LogP contribution in [0.25, 0.3) is 11.6 Å². The van der Waals surface area contributed by atoms with E-state index >= 15 is 0 Å². The van der Waals surface area contributed by atoms with E-state index in [1.54, 1.807) is 36.4 Å². The van der Waals surface area contributed by atoms with Gasteiger partial charge in [-0.05, 0) is 29.3 Å². The van der Waals surface area contributed by atoms with Crippen molar-refractivity contribution in [3.8, 4) is 6.07 Å². The van der Waals surface area contributed by atoms with Crippen LogP contribution in [0.5, 0.6) is 0 Å². The van der Waals surface area contributed by atoms with Crippen LogP contribution >= 0.6 is 23.2 Å². The fourth-order valence-electron chi connectivity index (χ4n) is 1.74. The van der Waals surface area contributed by atoms with Crippen molar-refractivity contribution in [3.63, 3.8) is 0 Å². The van der Waals surface area contributed by atoms with E-state index in [1.807, 2.05) is 0 Å². The van der Waals surface area contributed by atoms with E-state index in [1.165, 1.54) is 12.1 Å². The maximum Gasteiger partial charge on any atom is 0.270 e. The third-order valence-corrected chi connectivity index (χ3v) is 3.48. The second-order valence-electron chi connectivity index (χ2n) is 4.15. The molecule has 0 heterocycles. The van der Waals surface area contributed by atoms with Crippen LogP contribution in [0.2, 0.25) is 10.0 Å². The number of nitriles is 1. The molecule has 0 aliphatic rings. The SMILES string of the molecule is N#C/C(=C/c1cccc([N+](=O)[O-])c1)c1ccc(Cl)c(Cl)c1. The van der Waals surface area contributed by atoms with Gasteiger partial charge < -0.3 is 0 Å². The van der Waals surface area contributed by atoms with E-state index in [2.05, 4.69) is 6.07 Å². The summed E-state index contributed by atoms with van der Waals surface area (Å²) in [6.45, 7) is 0. The molecule has 6 heteroatoms. The fourth-order valence-corrected chi connectivity index (χ4v) is 2.04. The van der Waals surface area contributed by atoms with Gasteiger partial charge in [-0.15, -0.1) is 0 Å². The average molecular weight is 319 g/mol. The van der Waals surface area contributed by atoms with Crippen molar-refractivity contribution in [2.24, 2.45) is 0 Å². The molecular formula is C15H8Cl2N2O2. The van der Waals surface area contributed by atoms with E-state index in [4.69, 9.17) is 23.2 Å². The minimum Gasteiger partial charge on any atom is -0.258 e. The number of non-ortho nitro benzene ring substituents is 1. The van der Waals surface area contributed by atoms with Crippen LogP contribution in [0, 0.1) is 21.4 Å². The highest BCUT2D eigenvalue weighted by Gasteiger charge is 2.07.